The van der Waals surface area contributed by atoms with Gasteiger partial charge in [-0.25, -0.2) is 4.90 Å². The molecule has 3 aliphatic heterocycles. The van der Waals surface area contributed by atoms with E-state index >= 15 is 0 Å². The largest absolute Gasteiger partial charge is 0.274 e. The lowest BCUT2D eigenvalue weighted by Gasteiger charge is -2.37. The number of amides is 2. The summed E-state index contributed by atoms with van der Waals surface area (Å²) >= 11 is 0. The van der Waals surface area contributed by atoms with E-state index in [1.54, 1.807) is 0 Å². The molecule has 5 atom stereocenters. The van der Waals surface area contributed by atoms with Gasteiger partial charge in [-0.1, -0.05) is 112 Å². The van der Waals surface area contributed by atoms with E-state index in [1.165, 1.54) is 32.5 Å². The lowest BCUT2D eigenvalue weighted by atomic mass is 9.75. The van der Waals surface area contributed by atoms with E-state index in [0.717, 1.165) is 0 Å². The molecule has 2 aromatic carbocycles. The molecule has 196 valence electrons. The molecule has 0 aliphatic carbocycles. The van der Waals surface area contributed by atoms with Gasteiger partial charge in [-0.2, -0.15) is 0 Å². The molecule has 2 bridgehead atoms. The summed E-state index contributed by atoms with van der Waals surface area (Å²) in [6.07, 6.45) is 2.35. The van der Waals surface area contributed by atoms with E-state index in [1.807, 2.05) is 30.3 Å². The van der Waals surface area contributed by atoms with Crippen molar-refractivity contribution in [2.24, 2.45) is 11.8 Å². The van der Waals surface area contributed by atoms with E-state index in [9.17, 15) is 9.59 Å². The predicted molar refractivity (Wildman–Crippen MR) is 156 cm³/mol. The average molecular weight is 516 g/mol. The van der Waals surface area contributed by atoms with Gasteiger partial charge < -0.3 is 0 Å². The number of imide groups is 1. The molecule has 0 radical (unpaired) electrons. The molecule has 4 heteroatoms. The minimum absolute atomic E-state index is 0.00502. The fourth-order valence-electron chi connectivity index (χ4n) is 6.60. The molecular formula is C33H42NO2P. The summed E-state index contributed by atoms with van der Waals surface area (Å²) in [6, 6.07) is 14.4. The standard InChI is InChI=1S/C33H42NO2P/c1-19-16-24-25-26(30(36)34(29(25)35)21-14-12-11-13-15-21)27(19)37(24)28-22(32(5,6)7)17-20(31(2,3)4)18-23(28)33(8,9)10/h11-18,24-27H,1-10H3/t24-,25+,26+,27+,37?/m0/s1. The van der Waals surface area contributed by atoms with Crippen LogP contribution in [0.4, 0.5) is 5.69 Å². The summed E-state index contributed by atoms with van der Waals surface area (Å²) in [5.74, 6) is -0.521. The molecule has 3 nitrogen and oxygen atoms in total. The number of allylic oxidation sites excluding steroid dienone is 2. The molecule has 1 unspecified atom stereocenters. The van der Waals surface area contributed by atoms with Crippen molar-refractivity contribution in [3.63, 3.8) is 0 Å². The molecule has 3 heterocycles. The summed E-state index contributed by atoms with van der Waals surface area (Å²) in [7, 11) is -0.745. The second-order valence-electron chi connectivity index (χ2n) is 14.3. The van der Waals surface area contributed by atoms with Gasteiger partial charge in [0.2, 0.25) is 11.8 Å². The first-order chi connectivity index (χ1) is 17.0. The van der Waals surface area contributed by atoms with Crippen LogP contribution in [0.1, 0.15) is 85.9 Å². The van der Waals surface area contributed by atoms with Gasteiger partial charge >= 0.3 is 0 Å². The van der Waals surface area contributed by atoms with Crippen LogP contribution in [0.3, 0.4) is 0 Å². The number of benzene rings is 2. The van der Waals surface area contributed by atoms with Crippen LogP contribution < -0.4 is 10.2 Å². The van der Waals surface area contributed by atoms with Crippen LogP contribution in [0, 0.1) is 11.8 Å². The van der Waals surface area contributed by atoms with Crippen LogP contribution in [0.25, 0.3) is 0 Å². The zero-order valence-electron chi connectivity index (χ0n) is 24.1. The first-order valence-corrected chi connectivity index (χ1v) is 15.1. The first-order valence-electron chi connectivity index (χ1n) is 13.6. The molecule has 2 amide bonds. The highest BCUT2D eigenvalue weighted by Crippen LogP contribution is 2.70. The highest BCUT2D eigenvalue weighted by Gasteiger charge is 2.66. The van der Waals surface area contributed by atoms with E-state index in [0.29, 0.717) is 5.69 Å². The molecule has 2 saturated heterocycles. The van der Waals surface area contributed by atoms with Crippen LogP contribution in [0.15, 0.2) is 54.1 Å². The highest BCUT2D eigenvalue weighted by molar-refractivity contribution is 7.68. The molecule has 5 rings (SSSR count). The SMILES string of the molecule is CC1=C[C@H]2[C@H]3C(=O)N(c4ccccc4)C(=O)[C@H]3[C@@H]1P2c1c(C(C)(C)C)cc(C(C)(C)C)cc1C(C)(C)C. The number of para-hydroxylation sites is 1. The molecule has 0 spiro atoms. The maximum Gasteiger partial charge on any atom is 0.238 e. The Bertz CT molecular complexity index is 1270. The molecule has 2 aromatic rings. The molecule has 3 aliphatic rings. The van der Waals surface area contributed by atoms with E-state index in [-0.39, 0.29) is 51.2 Å². The Hall–Kier alpha value is -2.25. The maximum absolute atomic E-state index is 13.9. The summed E-state index contributed by atoms with van der Waals surface area (Å²) in [5.41, 5.74) is 6.33. The van der Waals surface area contributed by atoms with Crippen molar-refractivity contribution in [3.05, 3.63) is 70.8 Å². The summed E-state index contributed by atoms with van der Waals surface area (Å²) < 4.78 is 0. The van der Waals surface area contributed by atoms with Crippen molar-refractivity contribution < 1.29 is 9.59 Å². The van der Waals surface area contributed by atoms with Gasteiger partial charge in [0.15, 0.2) is 0 Å². The highest BCUT2D eigenvalue weighted by atomic mass is 31.1. The quantitative estimate of drug-likeness (QED) is 0.241. The molecular weight excluding hydrogens is 473 g/mol. The Balaban J connectivity index is 1.70. The lowest BCUT2D eigenvalue weighted by molar-refractivity contribution is -0.122. The van der Waals surface area contributed by atoms with Crippen LogP contribution in [0.2, 0.25) is 0 Å². The van der Waals surface area contributed by atoms with Gasteiger partial charge in [0.1, 0.15) is 0 Å². The number of carbonyl (C=O) groups is 2. The zero-order chi connectivity index (χ0) is 27.2. The van der Waals surface area contributed by atoms with Gasteiger partial charge in [-0.05, 0) is 57.3 Å². The van der Waals surface area contributed by atoms with Crippen molar-refractivity contribution in [2.75, 3.05) is 4.90 Å². The summed E-state index contributed by atoms with van der Waals surface area (Å²) in [6.45, 7) is 22.9. The van der Waals surface area contributed by atoms with Crippen molar-refractivity contribution in [1.82, 2.24) is 0 Å². The van der Waals surface area contributed by atoms with Gasteiger partial charge in [0.25, 0.3) is 0 Å². The number of hydrogen-bond donors (Lipinski definition) is 0. The van der Waals surface area contributed by atoms with Crippen molar-refractivity contribution in [1.29, 1.82) is 0 Å². The molecule has 37 heavy (non-hydrogen) atoms. The number of nitrogens with zero attached hydrogens (tertiary/aromatic N) is 1. The van der Waals surface area contributed by atoms with Gasteiger partial charge in [0.05, 0.1) is 17.5 Å². The van der Waals surface area contributed by atoms with Crippen molar-refractivity contribution in [2.45, 2.75) is 96.8 Å². The third kappa shape index (κ3) is 4.04. The lowest BCUT2D eigenvalue weighted by Crippen LogP contribution is -2.37. The monoisotopic (exact) mass is 515 g/mol. The Kier molecular flexibility index (Phi) is 5.97. The Labute approximate surface area is 224 Å². The Morgan fingerprint density at radius 3 is 1.73 bits per heavy atom. The second kappa shape index (κ2) is 8.37. The number of anilines is 1. The fourth-order valence-corrected chi connectivity index (χ4v) is 11.1. The van der Waals surface area contributed by atoms with E-state index in [2.05, 4.69) is 87.4 Å². The summed E-state index contributed by atoms with van der Waals surface area (Å²) in [4.78, 5) is 29.3. The maximum atomic E-state index is 13.9. The minimum atomic E-state index is -0.745. The Morgan fingerprint density at radius 1 is 0.730 bits per heavy atom. The van der Waals surface area contributed by atoms with Crippen LogP contribution in [-0.4, -0.2) is 23.1 Å². The normalized spacial score (nSPS) is 27.7. The van der Waals surface area contributed by atoms with Gasteiger partial charge in [0, 0.05) is 11.3 Å². The average Bonchev–Trinajstić information content (AvgIpc) is 3.37. The van der Waals surface area contributed by atoms with E-state index in [4.69, 9.17) is 0 Å². The molecule has 0 N–H and O–H groups in total. The topological polar surface area (TPSA) is 37.4 Å². The van der Waals surface area contributed by atoms with Crippen LogP contribution in [-0.2, 0) is 25.8 Å². The zero-order valence-corrected chi connectivity index (χ0v) is 25.0. The van der Waals surface area contributed by atoms with Crippen molar-refractivity contribution >= 4 is 30.7 Å². The minimum Gasteiger partial charge on any atom is -0.274 e. The number of rotatable bonds is 2. The number of fused-ring (bicyclic) bond motifs is 5. The fraction of sp³-hybridized carbons (Fsp3) is 0.515. The van der Waals surface area contributed by atoms with Crippen LogP contribution in [0.5, 0.6) is 0 Å². The smallest absolute Gasteiger partial charge is 0.238 e. The molecule has 2 fully saturated rings. The molecule has 0 saturated carbocycles. The summed E-state index contributed by atoms with van der Waals surface area (Å²) in [5, 5.41) is 1.45. The number of carbonyl (C=O) groups excluding carboxylic acids is 2. The Morgan fingerprint density at radius 2 is 1.24 bits per heavy atom. The number of hydrogen-bond acceptors (Lipinski definition) is 2. The predicted octanol–water partition coefficient (Wildman–Crippen LogP) is 7.20. The van der Waals surface area contributed by atoms with Gasteiger partial charge in [-0.3, -0.25) is 9.59 Å². The third-order valence-electron chi connectivity index (χ3n) is 8.49. The second-order valence-corrected chi connectivity index (χ2v) is 16.7. The first kappa shape index (κ1) is 26.4. The van der Waals surface area contributed by atoms with Crippen LogP contribution >= 0.6 is 7.92 Å². The van der Waals surface area contributed by atoms with Gasteiger partial charge in [-0.15, -0.1) is 0 Å². The van der Waals surface area contributed by atoms with Crippen molar-refractivity contribution in [3.8, 4) is 0 Å². The third-order valence-corrected chi connectivity index (χ3v) is 11.9. The molecule has 0 aromatic heterocycles. The van der Waals surface area contributed by atoms with E-state index < -0.39 is 7.92 Å².